The summed E-state index contributed by atoms with van der Waals surface area (Å²) in [6.07, 6.45) is 1.76. The molecule has 0 aliphatic rings. The van der Waals surface area contributed by atoms with E-state index in [0.29, 0.717) is 11.7 Å². The molecule has 21 heavy (non-hydrogen) atoms. The zero-order valence-electron chi connectivity index (χ0n) is 11.8. The normalized spacial score (nSPS) is 11.1. The van der Waals surface area contributed by atoms with E-state index in [-0.39, 0.29) is 29.6 Å². The molecule has 0 fully saturated rings. The Morgan fingerprint density at radius 1 is 1.05 bits per heavy atom. The van der Waals surface area contributed by atoms with E-state index in [0.717, 1.165) is 10.5 Å². The fourth-order valence-electron chi connectivity index (χ4n) is 1.44. The van der Waals surface area contributed by atoms with Gasteiger partial charge < -0.3 is 17.5 Å². The molecule has 5 heteroatoms. The molecule has 0 aliphatic carbocycles. The van der Waals surface area contributed by atoms with Crippen molar-refractivity contribution in [3.05, 3.63) is 77.7 Å². The SMILES string of the molecule is [Na+].[S-]C(C=CSc1ccccc1)=NOCc1ccccc1. The fourth-order valence-corrected chi connectivity index (χ4v) is 2.32. The van der Waals surface area contributed by atoms with Crippen molar-refractivity contribution in [3.63, 3.8) is 0 Å². The van der Waals surface area contributed by atoms with Crippen LogP contribution in [0.2, 0.25) is 0 Å². The van der Waals surface area contributed by atoms with Gasteiger partial charge in [0.05, 0.1) is 0 Å². The Balaban J connectivity index is 0.00000220. The van der Waals surface area contributed by atoms with Crippen molar-refractivity contribution in [3.8, 4) is 0 Å². The molecule has 0 unspecified atom stereocenters. The first-order valence-electron chi connectivity index (χ1n) is 6.14. The maximum Gasteiger partial charge on any atom is 1.00 e. The van der Waals surface area contributed by atoms with E-state index >= 15 is 0 Å². The summed E-state index contributed by atoms with van der Waals surface area (Å²) in [5, 5.41) is 6.23. The quantitative estimate of drug-likeness (QED) is 0.200. The van der Waals surface area contributed by atoms with Crippen LogP contribution in [0.25, 0.3) is 0 Å². The Bertz CT molecular complexity index is 573. The van der Waals surface area contributed by atoms with Crippen molar-refractivity contribution in [1.82, 2.24) is 0 Å². The number of hydrogen-bond donors (Lipinski definition) is 0. The van der Waals surface area contributed by atoms with Gasteiger partial charge in [0, 0.05) is 4.90 Å². The minimum atomic E-state index is 0. The van der Waals surface area contributed by atoms with Crippen molar-refractivity contribution in [1.29, 1.82) is 0 Å². The van der Waals surface area contributed by atoms with Gasteiger partial charge in [-0.25, -0.2) is 0 Å². The van der Waals surface area contributed by atoms with E-state index in [1.165, 1.54) is 0 Å². The average molecular weight is 323 g/mol. The van der Waals surface area contributed by atoms with Crippen LogP contribution in [0.1, 0.15) is 5.56 Å². The maximum atomic E-state index is 5.21. The van der Waals surface area contributed by atoms with Gasteiger partial charge in [0.2, 0.25) is 0 Å². The van der Waals surface area contributed by atoms with Crippen LogP contribution in [0.4, 0.5) is 0 Å². The number of oxime groups is 1. The van der Waals surface area contributed by atoms with Crippen LogP contribution in [-0.2, 0) is 24.1 Å². The first kappa shape index (κ1) is 18.3. The molecule has 0 aromatic heterocycles. The zero-order valence-corrected chi connectivity index (χ0v) is 15.4. The standard InChI is InChI=1S/C16H15NOS2.Na/c19-16(11-12-20-15-9-5-2-6-10-15)17-18-13-14-7-3-1-4-8-14;/h1-12H,13H2,(H,17,19);/q;+1/p-1. The molecule has 0 bridgehead atoms. The summed E-state index contributed by atoms with van der Waals surface area (Å²) in [7, 11) is 0. The second kappa shape index (κ2) is 10.9. The van der Waals surface area contributed by atoms with Gasteiger partial charge in [-0.15, -0.1) is 5.16 Å². The van der Waals surface area contributed by atoms with Crippen LogP contribution in [0.5, 0.6) is 0 Å². The molecule has 2 aromatic rings. The van der Waals surface area contributed by atoms with Crippen LogP contribution >= 0.6 is 11.8 Å². The number of hydrogen-bond acceptors (Lipinski definition) is 4. The second-order valence-electron chi connectivity index (χ2n) is 3.92. The number of nitrogens with zero attached hydrogens (tertiary/aromatic N) is 1. The summed E-state index contributed by atoms with van der Waals surface area (Å²) in [5.74, 6) is 0. The molecule has 0 radical (unpaired) electrons. The van der Waals surface area contributed by atoms with Crippen molar-refractivity contribution < 1.29 is 34.4 Å². The monoisotopic (exact) mass is 323 g/mol. The van der Waals surface area contributed by atoms with Gasteiger partial charge >= 0.3 is 29.6 Å². The van der Waals surface area contributed by atoms with Crippen LogP contribution in [0, 0.1) is 0 Å². The predicted molar refractivity (Wildman–Crippen MR) is 87.5 cm³/mol. The van der Waals surface area contributed by atoms with Gasteiger partial charge in [0.1, 0.15) is 6.61 Å². The van der Waals surface area contributed by atoms with Gasteiger partial charge in [0.25, 0.3) is 0 Å². The van der Waals surface area contributed by atoms with Crippen molar-refractivity contribution in [2.24, 2.45) is 5.16 Å². The molecule has 0 atom stereocenters. The molecule has 2 nitrogen and oxygen atoms in total. The van der Waals surface area contributed by atoms with E-state index in [4.69, 9.17) is 17.5 Å². The van der Waals surface area contributed by atoms with Crippen LogP contribution in [0.15, 0.2) is 82.2 Å². The van der Waals surface area contributed by atoms with E-state index in [9.17, 15) is 0 Å². The van der Waals surface area contributed by atoms with E-state index < -0.39 is 0 Å². The van der Waals surface area contributed by atoms with Gasteiger partial charge in [-0.1, -0.05) is 66.4 Å². The summed E-state index contributed by atoms with van der Waals surface area (Å²) < 4.78 is 0. The Morgan fingerprint density at radius 2 is 1.67 bits per heavy atom. The minimum Gasteiger partial charge on any atom is -0.757 e. The molecular formula is C16H14NNaOS2. The van der Waals surface area contributed by atoms with Gasteiger partial charge in [-0.05, 0) is 28.1 Å². The van der Waals surface area contributed by atoms with Crippen LogP contribution < -0.4 is 29.6 Å². The fraction of sp³-hybridized carbons (Fsp3) is 0.0625. The van der Waals surface area contributed by atoms with Crippen molar-refractivity contribution >= 4 is 29.4 Å². The molecular weight excluding hydrogens is 309 g/mol. The van der Waals surface area contributed by atoms with E-state index in [2.05, 4.69) is 5.16 Å². The molecule has 0 amide bonds. The Hall–Kier alpha value is -0.780. The first-order valence-corrected chi connectivity index (χ1v) is 7.42. The summed E-state index contributed by atoms with van der Waals surface area (Å²) in [5.41, 5.74) is 1.07. The van der Waals surface area contributed by atoms with Crippen molar-refractivity contribution in [2.45, 2.75) is 11.5 Å². The third kappa shape index (κ3) is 7.69. The van der Waals surface area contributed by atoms with E-state index in [1.54, 1.807) is 17.8 Å². The molecule has 0 saturated carbocycles. The Morgan fingerprint density at radius 3 is 2.33 bits per heavy atom. The number of thioether (sulfide) groups is 1. The van der Waals surface area contributed by atoms with E-state index in [1.807, 2.05) is 66.1 Å². The summed E-state index contributed by atoms with van der Waals surface area (Å²) in [6.45, 7) is 0.431. The number of rotatable bonds is 6. The predicted octanol–water partition coefficient (Wildman–Crippen LogP) is 1.37. The largest absolute Gasteiger partial charge is 1.00 e. The van der Waals surface area contributed by atoms with Gasteiger partial charge in [0.15, 0.2) is 0 Å². The molecule has 0 N–H and O–H groups in total. The minimum absolute atomic E-state index is 0. The zero-order chi connectivity index (χ0) is 14.0. The summed E-state index contributed by atoms with van der Waals surface area (Å²) in [6, 6.07) is 20.0. The Kier molecular flexibility index (Phi) is 9.46. The van der Waals surface area contributed by atoms with Gasteiger partial charge in [-0.2, -0.15) is 0 Å². The summed E-state index contributed by atoms with van der Waals surface area (Å²) in [4.78, 5) is 6.37. The molecule has 102 valence electrons. The molecule has 0 saturated heterocycles. The van der Waals surface area contributed by atoms with Crippen LogP contribution in [0.3, 0.4) is 0 Å². The summed E-state index contributed by atoms with van der Waals surface area (Å²) >= 11 is 6.69. The average Bonchev–Trinajstić information content (AvgIpc) is 2.49. The van der Waals surface area contributed by atoms with Crippen molar-refractivity contribution in [2.75, 3.05) is 0 Å². The Labute approximate surface area is 157 Å². The van der Waals surface area contributed by atoms with Crippen LogP contribution in [-0.4, -0.2) is 5.04 Å². The molecule has 2 rings (SSSR count). The number of benzene rings is 2. The smallest absolute Gasteiger partial charge is 0.757 e. The first-order chi connectivity index (χ1) is 9.84. The molecule has 2 aromatic carbocycles. The maximum absolute atomic E-state index is 5.21. The third-order valence-corrected chi connectivity index (χ3v) is 3.41. The molecule has 0 aliphatic heterocycles. The molecule has 0 spiro atoms. The topological polar surface area (TPSA) is 21.6 Å². The second-order valence-corrected chi connectivity index (χ2v) is 5.32. The van der Waals surface area contributed by atoms with Gasteiger partial charge in [-0.3, -0.25) is 0 Å². The molecule has 0 heterocycles. The third-order valence-electron chi connectivity index (χ3n) is 2.39.